The summed E-state index contributed by atoms with van der Waals surface area (Å²) in [5, 5.41) is 4.64. The third-order valence-electron chi connectivity index (χ3n) is 4.02. The van der Waals surface area contributed by atoms with E-state index in [0.29, 0.717) is 20.4 Å². The first-order valence-electron chi connectivity index (χ1n) is 8.58. The minimum absolute atomic E-state index is 0.185. The molecule has 1 aromatic carbocycles. The summed E-state index contributed by atoms with van der Waals surface area (Å²) in [6, 6.07) is 9.40. The molecule has 1 aliphatic rings. The first-order chi connectivity index (χ1) is 13.4. The van der Waals surface area contributed by atoms with Crippen LogP contribution >= 0.6 is 35.3 Å². The first kappa shape index (κ1) is 20.5. The number of benzene rings is 1. The topological polar surface area (TPSA) is 75.7 Å². The molecule has 9 heteroatoms. The van der Waals surface area contributed by atoms with Gasteiger partial charge in [0.05, 0.1) is 11.9 Å². The third kappa shape index (κ3) is 4.26. The van der Waals surface area contributed by atoms with Crippen LogP contribution in [-0.2, 0) is 14.3 Å². The van der Waals surface area contributed by atoms with E-state index >= 15 is 0 Å². The molecule has 0 aliphatic carbocycles. The molecule has 1 N–H and O–H groups in total. The van der Waals surface area contributed by atoms with Crippen LogP contribution in [0.25, 0.3) is 11.1 Å². The van der Waals surface area contributed by atoms with E-state index in [4.69, 9.17) is 17.0 Å². The van der Waals surface area contributed by atoms with Gasteiger partial charge in [0.15, 0.2) is 0 Å². The number of thiocarbonyl (C=S) groups is 1. The number of thioether (sulfide) groups is 1. The molecule has 0 spiro atoms. The Morgan fingerprint density at radius 1 is 1.29 bits per heavy atom. The van der Waals surface area contributed by atoms with E-state index in [2.05, 4.69) is 5.32 Å². The standard InChI is InChI=1S/C19H18N2O4S3/c1-3-25-18(24)15-13(12-7-5-4-6-8-12)10-27-16(15)20-14(22)9-21-17(23)11(2)28-19(21)26/h4-8,10-11H,3,9H2,1-2H3,(H,20,22). The van der Waals surface area contributed by atoms with Gasteiger partial charge in [0, 0.05) is 10.9 Å². The van der Waals surface area contributed by atoms with Crippen molar-refractivity contribution in [3.05, 3.63) is 41.3 Å². The monoisotopic (exact) mass is 434 g/mol. The van der Waals surface area contributed by atoms with E-state index in [1.165, 1.54) is 28.0 Å². The molecule has 3 rings (SSSR count). The zero-order valence-electron chi connectivity index (χ0n) is 15.3. The second kappa shape index (κ2) is 8.85. The maximum atomic E-state index is 12.5. The summed E-state index contributed by atoms with van der Waals surface area (Å²) >= 11 is 7.66. The minimum Gasteiger partial charge on any atom is -0.462 e. The molecule has 28 heavy (non-hydrogen) atoms. The van der Waals surface area contributed by atoms with Crippen molar-refractivity contribution in [1.29, 1.82) is 0 Å². The van der Waals surface area contributed by atoms with Crippen molar-refractivity contribution in [2.75, 3.05) is 18.5 Å². The first-order valence-corrected chi connectivity index (χ1v) is 10.7. The van der Waals surface area contributed by atoms with Crippen LogP contribution in [0.5, 0.6) is 0 Å². The Kier molecular flexibility index (Phi) is 6.48. The van der Waals surface area contributed by atoms with E-state index in [-0.39, 0.29) is 24.3 Å². The molecule has 0 bridgehead atoms. The van der Waals surface area contributed by atoms with Gasteiger partial charge < -0.3 is 10.1 Å². The SMILES string of the molecule is CCOC(=O)c1c(-c2ccccc2)csc1NC(=O)CN1C(=O)C(C)SC1=S. The summed E-state index contributed by atoms with van der Waals surface area (Å²) in [7, 11) is 0. The Balaban J connectivity index is 1.84. The number of carbonyl (C=O) groups excluding carboxylic acids is 3. The van der Waals surface area contributed by atoms with Crippen LogP contribution in [0.1, 0.15) is 24.2 Å². The number of ether oxygens (including phenoxy) is 1. The van der Waals surface area contributed by atoms with Crippen molar-refractivity contribution in [1.82, 2.24) is 4.90 Å². The summed E-state index contributed by atoms with van der Waals surface area (Å²) in [6.45, 7) is 3.52. The van der Waals surface area contributed by atoms with Gasteiger partial charge in [-0.15, -0.1) is 11.3 Å². The van der Waals surface area contributed by atoms with Crippen molar-refractivity contribution in [2.24, 2.45) is 0 Å². The maximum absolute atomic E-state index is 12.5. The lowest BCUT2D eigenvalue weighted by molar-refractivity contribution is -0.129. The van der Waals surface area contributed by atoms with Crippen LogP contribution in [0.3, 0.4) is 0 Å². The molecule has 146 valence electrons. The van der Waals surface area contributed by atoms with Gasteiger partial charge in [-0.3, -0.25) is 14.5 Å². The predicted octanol–water partition coefficient (Wildman–Crippen LogP) is 3.78. The van der Waals surface area contributed by atoms with E-state index in [9.17, 15) is 14.4 Å². The van der Waals surface area contributed by atoms with Gasteiger partial charge in [0.25, 0.3) is 0 Å². The number of rotatable bonds is 6. The van der Waals surface area contributed by atoms with Crippen molar-refractivity contribution < 1.29 is 19.1 Å². The zero-order valence-corrected chi connectivity index (χ0v) is 17.7. The molecular formula is C19H18N2O4S3. The second-order valence-electron chi connectivity index (χ2n) is 5.94. The van der Waals surface area contributed by atoms with Crippen molar-refractivity contribution >= 4 is 62.4 Å². The molecule has 1 aliphatic heterocycles. The fourth-order valence-corrected chi connectivity index (χ4v) is 5.09. The minimum atomic E-state index is -0.505. The quantitative estimate of drug-likeness (QED) is 0.551. The summed E-state index contributed by atoms with van der Waals surface area (Å²) in [6.07, 6.45) is 0. The van der Waals surface area contributed by atoms with Crippen LogP contribution < -0.4 is 5.32 Å². The van der Waals surface area contributed by atoms with Gasteiger partial charge >= 0.3 is 5.97 Å². The average molecular weight is 435 g/mol. The molecule has 1 saturated heterocycles. The van der Waals surface area contributed by atoms with E-state index in [1.807, 2.05) is 30.3 Å². The Morgan fingerprint density at radius 2 is 2.00 bits per heavy atom. The van der Waals surface area contributed by atoms with Crippen molar-refractivity contribution in [2.45, 2.75) is 19.1 Å². The Bertz CT molecular complexity index is 927. The van der Waals surface area contributed by atoms with Crippen molar-refractivity contribution in [3.8, 4) is 11.1 Å². The zero-order chi connectivity index (χ0) is 20.3. The molecule has 2 heterocycles. The van der Waals surface area contributed by atoms with Gasteiger partial charge in [-0.1, -0.05) is 54.3 Å². The maximum Gasteiger partial charge on any atom is 0.341 e. The van der Waals surface area contributed by atoms with Crippen molar-refractivity contribution in [3.63, 3.8) is 0 Å². The molecule has 1 atom stereocenters. The molecule has 0 radical (unpaired) electrons. The lowest BCUT2D eigenvalue weighted by atomic mass is 10.0. The normalized spacial score (nSPS) is 16.4. The summed E-state index contributed by atoms with van der Waals surface area (Å²) in [5.74, 6) is -1.11. The van der Waals surface area contributed by atoms with E-state index in [1.54, 1.807) is 19.2 Å². The molecule has 1 aromatic heterocycles. The van der Waals surface area contributed by atoms with Crippen LogP contribution in [0.2, 0.25) is 0 Å². The van der Waals surface area contributed by atoms with Gasteiger partial charge in [0.1, 0.15) is 21.4 Å². The Labute approximate surface area is 176 Å². The molecule has 6 nitrogen and oxygen atoms in total. The second-order valence-corrected chi connectivity index (χ2v) is 8.79. The number of anilines is 1. The predicted molar refractivity (Wildman–Crippen MR) is 116 cm³/mol. The molecule has 2 amide bonds. The number of hydrogen-bond donors (Lipinski definition) is 1. The highest BCUT2D eigenvalue weighted by Crippen LogP contribution is 2.36. The summed E-state index contributed by atoms with van der Waals surface area (Å²) < 4.78 is 5.56. The molecule has 1 unspecified atom stereocenters. The number of thiophene rings is 1. The number of nitrogens with one attached hydrogen (secondary N) is 1. The molecule has 2 aromatic rings. The highest BCUT2D eigenvalue weighted by Gasteiger charge is 2.35. The lowest BCUT2D eigenvalue weighted by Gasteiger charge is -2.15. The smallest absolute Gasteiger partial charge is 0.341 e. The fraction of sp³-hybridized carbons (Fsp3) is 0.263. The Morgan fingerprint density at radius 3 is 2.61 bits per heavy atom. The lowest BCUT2D eigenvalue weighted by Crippen LogP contribution is -2.37. The highest BCUT2D eigenvalue weighted by atomic mass is 32.2. The van der Waals surface area contributed by atoms with Crippen LogP contribution in [0.15, 0.2) is 35.7 Å². The third-order valence-corrected chi connectivity index (χ3v) is 6.40. The van der Waals surface area contributed by atoms with Crippen LogP contribution in [0.4, 0.5) is 5.00 Å². The number of carbonyl (C=O) groups is 3. The van der Waals surface area contributed by atoms with Crippen LogP contribution in [0, 0.1) is 0 Å². The molecule has 0 saturated carbocycles. The van der Waals surface area contributed by atoms with E-state index in [0.717, 1.165) is 5.56 Å². The van der Waals surface area contributed by atoms with Gasteiger partial charge in [-0.05, 0) is 19.4 Å². The largest absolute Gasteiger partial charge is 0.462 e. The highest BCUT2D eigenvalue weighted by molar-refractivity contribution is 8.24. The Hall–Kier alpha value is -2.23. The van der Waals surface area contributed by atoms with E-state index < -0.39 is 11.9 Å². The molecule has 1 fully saturated rings. The number of amides is 2. The van der Waals surface area contributed by atoms with Gasteiger partial charge in [0.2, 0.25) is 11.8 Å². The fourth-order valence-electron chi connectivity index (χ4n) is 2.71. The number of nitrogens with zero attached hydrogens (tertiary/aromatic N) is 1. The van der Waals surface area contributed by atoms with Gasteiger partial charge in [-0.2, -0.15) is 0 Å². The average Bonchev–Trinajstić information content (AvgIpc) is 3.19. The number of hydrogen-bond acceptors (Lipinski definition) is 7. The van der Waals surface area contributed by atoms with Gasteiger partial charge in [-0.25, -0.2) is 4.79 Å². The summed E-state index contributed by atoms with van der Waals surface area (Å²) in [4.78, 5) is 38.5. The molecular weight excluding hydrogens is 416 g/mol. The van der Waals surface area contributed by atoms with Crippen LogP contribution in [-0.4, -0.2) is 45.4 Å². The number of esters is 1. The summed E-state index contributed by atoms with van der Waals surface area (Å²) in [5.41, 5.74) is 1.85.